The Morgan fingerprint density at radius 2 is 2.00 bits per heavy atom. The van der Waals surface area contributed by atoms with Crippen LogP contribution in [-0.4, -0.2) is 11.4 Å². The van der Waals surface area contributed by atoms with Gasteiger partial charge in [-0.3, -0.25) is 4.79 Å². The number of allylic oxidation sites excluding steroid dienone is 1. The van der Waals surface area contributed by atoms with Crippen molar-refractivity contribution in [3.63, 3.8) is 0 Å². The fraction of sp³-hybridized carbons (Fsp3) is 0.100. The number of carbonyl (C=O) groups excluding carboxylic acids is 1. The number of hydrogen-bond acceptors (Lipinski definition) is 2. The normalized spacial score (nSPS) is 11.2. The van der Waals surface area contributed by atoms with Crippen LogP contribution >= 0.6 is 0 Å². The van der Waals surface area contributed by atoms with Crippen molar-refractivity contribution in [2.75, 3.05) is 0 Å². The number of rotatable bonds is 2. The Labute approximate surface area is 71.2 Å². The Kier molecular flexibility index (Phi) is 2.64. The third kappa shape index (κ3) is 2.23. The van der Waals surface area contributed by atoms with Gasteiger partial charge >= 0.3 is 0 Å². The van der Waals surface area contributed by atoms with Crippen molar-refractivity contribution in [2.24, 2.45) is 0 Å². The second kappa shape index (κ2) is 3.72. The second-order valence-electron chi connectivity index (χ2n) is 2.52. The number of phenols is 1. The van der Waals surface area contributed by atoms with Gasteiger partial charge in [0.1, 0.15) is 5.75 Å². The van der Waals surface area contributed by atoms with Crippen LogP contribution in [0.15, 0.2) is 29.8 Å². The molecule has 0 saturated heterocycles. The number of aromatic hydroxyl groups is 1. The minimum Gasteiger partial charge on any atom is -0.508 e. The highest BCUT2D eigenvalue weighted by Gasteiger charge is 1.90. The molecule has 61 valence electrons. The van der Waals surface area contributed by atoms with E-state index in [0.29, 0.717) is 5.57 Å². The molecule has 0 saturated carbocycles. The van der Waals surface area contributed by atoms with Gasteiger partial charge in [-0.25, -0.2) is 0 Å². The first-order valence-corrected chi connectivity index (χ1v) is 3.58. The summed E-state index contributed by atoms with van der Waals surface area (Å²) in [6.45, 7) is 1.68. The summed E-state index contributed by atoms with van der Waals surface area (Å²) >= 11 is 0. The predicted molar refractivity (Wildman–Crippen MR) is 47.5 cm³/mol. The van der Waals surface area contributed by atoms with Crippen molar-refractivity contribution >= 4 is 12.4 Å². The lowest BCUT2D eigenvalue weighted by Gasteiger charge is -1.93. The maximum atomic E-state index is 10.1. The third-order valence-electron chi connectivity index (χ3n) is 1.44. The lowest BCUT2D eigenvalue weighted by Crippen LogP contribution is -1.76. The van der Waals surface area contributed by atoms with Crippen molar-refractivity contribution in [3.8, 4) is 5.75 Å². The first-order valence-electron chi connectivity index (χ1n) is 3.58. The molecule has 0 bridgehead atoms. The van der Waals surface area contributed by atoms with E-state index in [9.17, 15) is 4.79 Å². The lowest BCUT2D eigenvalue weighted by molar-refractivity contribution is 0.475. The first-order chi connectivity index (χ1) is 5.72. The van der Waals surface area contributed by atoms with Crippen LogP contribution in [0.2, 0.25) is 0 Å². The van der Waals surface area contributed by atoms with Gasteiger partial charge in [0.05, 0.1) is 0 Å². The van der Waals surface area contributed by atoms with Crippen molar-refractivity contribution < 1.29 is 9.90 Å². The minimum absolute atomic E-state index is 0.222. The fourth-order valence-corrected chi connectivity index (χ4v) is 0.850. The standard InChI is InChI=1S/C10H9O2/c1-8(7-11)6-9-2-4-10(12)5-3-9/h2-6,12H,1H3. The fourth-order valence-electron chi connectivity index (χ4n) is 0.850. The molecule has 0 aromatic heterocycles. The van der Waals surface area contributed by atoms with Gasteiger partial charge < -0.3 is 5.11 Å². The van der Waals surface area contributed by atoms with E-state index in [1.54, 1.807) is 43.6 Å². The van der Waals surface area contributed by atoms with Crippen LogP contribution in [0.3, 0.4) is 0 Å². The molecular weight excluding hydrogens is 152 g/mol. The Hall–Kier alpha value is -1.57. The highest BCUT2D eigenvalue weighted by Crippen LogP contribution is 2.11. The van der Waals surface area contributed by atoms with Crippen LogP contribution in [0.25, 0.3) is 6.08 Å². The van der Waals surface area contributed by atoms with E-state index in [2.05, 4.69) is 0 Å². The molecule has 1 aromatic rings. The molecule has 1 radical (unpaired) electrons. The molecule has 2 nitrogen and oxygen atoms in total. The van der Waals surface area contributed by atoms with Gasteiger partial charge in [0, 0.05) is 5.57 Å². The number of phenolic OH excluding ortho intramolecular Hbond substituents is 1. The van der Waals surface area contributed by atoms with Gasteiger partial charge in [-0.2, -0.15) is 0 Å². The molecule has 0 unspecified atom stereocenters. The first kappa shape index (κ1) is 8.53. The molecule has 0 heterocycles. The van der Waals surface area contributed by atoms with Gasteiger partial charge in [-0.05, 0) is 30.7 Å². The molecule has 0 aliphatic rings. The van der Waals surface area contributed by atoms with E-state index in [4.69, 9.17) is 5.11 Å². The maximum Gasteiger partial charge on any atom is 0.228 e. The molecule has 0 aliphatic heterocycles. The molecule has 1 N–H and O–H groups in total. The van der Waals surface area contributed by atoms with Crippen LogP contribution in [0, 0.1) is 0 Å². The zero-order valence-corrected chi connectivity index (χ0v) is 6.74. The van der Waals surface area contributed by atoms with Gasteiger partial charge in [0.15, 0.2) is 0 Å². The summed E-state index contributed by atoms with van der Waals surface area (Å²) in [6.07, 6.45) is 3.48. The maximum absolute atomic E-state index is 10.1. The van der Waals surface area contributed by atoms with Gasteiger partial charge in [0.2, 0.25) is 6.29 Å². The van der Waals surface area contributed by atoms with E-state index in [1.165, 1.54) is 0 Å². The molecule has 0 atom stereocenters. The molecule has 12 heavy (non-hydrogen) atoms. The van der Waals surface area contributed by atoms with Crippen LogP contribution in [0.4, 0.5) is 0 Å². The van der Waals surface area contributed by atoms with Crippen molar-refractivity contribution in [1.82, 2.24) is 0 Å². The Morgan fingerprint density at radius 3 is 2.50 bits per heavy atom. The van der Waals surface area contributed by atoms with Gasteiger partial charge in [-0.15, -0.1) is 0 Å². The van der Waals surface area contributed by atoms with Crippen LogP contribution in [-0.2, 0) is 4.79 Å². The average molecular weight is 161 g/mol. The highest BCUT2D eigenvalue weighted by molar-refractivity contribution is 5.81. The monoisotopic (exact) mass is 161 g/mol. The van der Waals surface area contributed by atoms with Crippen molar-refractivity contribution in [1.29, 1.82) is 0 Å². The Bertz CT molecular complexity index is 296. The van der Waals surface area contributed by atoms with Crippen molar-refractivity contribution in [2.45, 2.75) is 6.92 Å². The van der Waals surface area contributed by atoms with Gasteiger partial charge in [0.25, 0.3) is 0 Å². The van der Waals surface area contributed by atoms with E-state index >= 15 is 0 Å². The van der Waals surface area contributed by atoms with Crippen molar-refractivity contribution in [3.05, 3.63) is 35.4 Å². The predicted octanol–water partition coefficient (Wildman–Crippen LogP) is 1.91. The molecule has 1 rings (SSSR count). The lowest BCUT2D eigenvalue weighted by atomic mass is 10.1. The van der Waals surface area contributed by atoms with Crippen LogP contribution < -0.4 is 0 Å². The Balaban J connectivity index is 2.91. The molecule has 0 spiro atoms. The van der Waals surface area contributed by atoms with Gasteiger partial charge in [-0.1, -0.05) is 12.1 Å². The number of hydrogen-bond donors (Lipinski definition) is 1. The summed E-state index contributed by atoms with van der Waals surface area (Å²) < 4.78 is 0. The highest BCUT2D eigenvalue weighted by atomic mass is 16.3. The molecule has 1 aromatic carbocycles. The van der Waals surface area contributed by atoms with Crippen LogP contribution in [0.5, 0.6) is 5.75 Å². The Morgan fingerprint density at radius 1 is 1.42 bits per heavy atom. The summed E-state index contributed by atoms with van der Waals surface area (Å²) in [5, 5.41) is 8.95. The van der Waals surface area contributed by atoms with E-state index < -0.39 is 0 Å². The summed E-state index contributed by atoms with van der Waals surface area (Å²) in [5.74, 6) is 0.222. The molecule has 2 heteroatoms. The molecule has 0 aliphatic carbocycles. The smallest absolute Gasteiger partial charge is 0.228 e. The SMILES string of the molecule is CC([C]=O)=Cc1ccc(O)cc1. The molecular formula is C10H9O2. The zero-order valence-electron chi connectivity index (χ0n) is 6.74. The summed E-state index contributed by atoms with van der Waals surface area (Å²) in [4.78, 5) is 10.1. The topological polar surface area (TPSA) is 37.3 Å². The summed E-state index contributed by atoms with van der Waals surface area (Å²) in [6, 6.07) is 6.61. The second-order valence-corrected chi connectivity index (χ2v) is 2.52. The molecule has 0 amide bonds. The average Bonchev–Trinajstić information content (AvgIpc) is 2.09. The third-order valence-corrected chi connectivity index (χ3v) is 1.44. The summed E-state index contributed by atoms with van der Waals surface area (Å²) in [5.41, 5.74) is 1.43. The number of benzene rings is 1. The van der Waals surface area contributed by atoms with E-state index in [-0.39, 0.29) is 5.75 Å². The summed E-state index contributed by atoms with van der Waals surface area (Å²) in [7, 11) is 0. The van der Waals surface area contributed by atoms with E-state index in [0.717, 1.165) is 5.56 Å². The minimum atomic E-state index is 0.222. The quantitative estimate of drug-likeness (QED) is 0.672. The molecule has 0 fully saturated rings. The van der Waals surface area contributed by atoms with Crippen LogP contribution in [0.1, 0.15) is 12.5 Å². The van der Waals surface area contributed by atoms with E-state index in [1.807, 2.05) is 0 Å². The largest absolute Gasteiger partial charge is 0.508 e. The zero-order chi connectivity index (χ0) is 8.97.